The summed E-state index contributed by atoms with van der Waals surface area (Å²) in [5.74, 6) is 0.232. The summed E-state index contributed by atoms with van der Waals surface area (Å²) in [5.41, 5.74) is 1.50. The highest BCUT2D eigenvalue weighted by atomic mass is 16.3. The van der Waals surface area contributed by atoms with Gasteiger partial charge in [-0.05, 0) is 25.3 Å². The third-order valence-electron chi connectivity index (χ3n) is 2.76. The fourth-order valence-corrected chi connectivity index (χ4v) is 1.22. The molecule has 1 aromatic rings. The van der Waals surface area contributed by atoms with Crippen molar-refractivity contribution >= 4 is 0 Å². The zero-order valence-corrected chi connectivity index (χ0v) is 8.83. The number of aryl methyl sites for hydroxylation is 1. The molecule has 13 heavy (non-hydrogen) atoms. The number of hydrogen-bond donors (Lipinski definition) is 1. The first kappa shape index (κ1) is 10.3. The van der Waals surface area contributed by atoms with Crippen LogP contribution in [0.15, 0.2) is 24.3 Å². The third-order valence-corrected chi connectivity index (χ3v) is 2.76. The standard InChI is InChI=1S/C12H18O/c1-9(2)12(4,13)11-7-5-10(3)6-8-11/h5-9,13H,1-4H3. The van der Waals surface area contributed by atoms with Gasteiger partial charge in [0, 0.05) is 0 Å². The van der Waals surface area contributed by atoms with Gasteiger partial charge in [-0.25, -0.2) is 0 Å². The van der Waals surface area contributed by atoms with E-state index in [4.69, 9.17) is 0 Å². The maximum atomic E-state index is 10.2. The van der Waals surface area contributed by atoms with Crippen molar-refractivity contribution in [2.75, 3.05) is 0 Å². The van der Waals surface area contributed by atoms with Crippen LogP contribution in [0.1, 0.15) is 31.9 Å². The van der Waals surface area contributed by atoms with E-state index in [-0.39, 0.29) is 5.92 Å². The summed E-state index contributed by atoms with van der Waals surface area (Å²) in [6.45, 7) is 7.97. The van der Waals surface area contributed by atoms with Crippen LogP contribution in [0.5, 0.6) is 0 Å². The van der Waals surface area contributed by atoms with E-state index < -0.39 is 5.60 Å². The Morgan fingerprint density at radius 1 is 1.15 bits per heavy atom. The van der Waals surface area contributed by atoms with Crippen molar-refractivity contribution in [3.8, 4) is 0 Å². The van der Waals surface area contributed by atoms with Gasteiger partial charge in [-0.2, -0.15) is 0 Å². The molecule has 0 heterocycles. The van der Waals surface area contributed by atoms with Gasteiger partial charge in [-0.15, -0.1) is 0 Å². The third kappa shape index (κ3) is 2.10. The van der Waals surface area contributed by atoms with Gasteiger partial charge in [0.15, 0.2) is 0 Å². The molecule has 0 bridgehead atoms. The fraction of sp³-hybridized carbons (Fsp3) is 0.500. The maximum absolute atomic E-state index is 10.2. The van der Waals surface area contributed by atoms with E-state index >= 15 is 0 Å². The van der Waals surface area contributed by atoms with Crippen molar-refractivity contribution in [2.45, 2.75) is 33.3 Å². The monoisotopic (exact) mass is 178 g/mol. The molecule has 0 aliphatic carbocycles. The molecule has 0 aromatic heterocycles. The Hall–Kier alpha value is -0.820. The summed E-state index contributed by atoms with van der Waals surface area (Å²) in [4.78, 5) is 0. The van der Waals surface area contributed by atoms with Gasteiger partial charge in [0.1, 0.15) is 0 Å². The van der Waals surface area contributed by atoms with E-state index in [1.807, 2.05) is 52.0 Å². The quantitative estimate of drug-likeness (QED) is 0.738. The molecular weight excluding hydrogens is 160 g/mol. The molecule has 0 saturated heterocycles. The summed E-state index contributed by atoms with van der Waals surface area (Å²) in [7, 11) is 0. The summed E-state index contributed by atoms with van der Waals surface area (Å²) in [6.07, 6.45) is 0. The number of aliphatic hydroxyl groups is 1. The largest absolute Gasteiger partial charge is 0.385 e. The van der Waals surface area contributed by atoms with Crippen molar-refractivity contribution < 1.29 is 5.11 Å². The smallest absolute Gasteiger partial charge is 0.0891 e. The molecule has 0 amide bonds. The van der Waals surface area contributed by atoms with Crippen LogP contribution >= 0.6 is 0 Å². The highest BCUT2D eigenvalue weighted by Crippen LogP contribution is 2.28. The minimum absolute atomic E-state index is 0.232. The van der Waals surface area contributed by atoms with Crippen LogP contribution in [0, 0.1) is 12.8 Å². The molecule has 1 atom stereocenters. The van der Waals surface area contributed by atoms with Crippen LogP contribution in [0.2, 0.25) is 0 Å². The lowest BCUT2D eigenvalue weighted by molar-refractivity contribution is 0.00904. The van der Waals surface area contributed by atoms with E-state index in [2.05, 4.69) is 0 Å². The van der Waals surface area contributed by atoms with Gasteiger partial charge in [0.2, 0.25) is 0 Å². The Kier molecular flexibility index (Phi) is 2.77. The highest BCUT2D eigenvalue weighted by Gasteiger charge is 2.26. The molecular formula is C12H18O. The van der Waals surface area contributed by atoms with E-state index in [1.54, 1.807) is 0 Å². The molecule has 1 unspecified atom stereocenters. The zero-order valence-electron chi connectivity index (χ0n) is 8.83. The molecule has 0 radical (unpaired) electrons. The van der Waals surface area contributed by atoms with Crippen LogP contribution in [0.4, 0.5) is 0 Å². The lowest BCUT2D eigenvalue weighted by Gasteiger charge is -2.28. The predicted molar refractivity (Wildman–Crippen MR) is 55.6 cm³/mol. The lowest BCUT2D eigenvalue weighted by atomic mass is 9.85. The molecule has 1 rings (SSSR count). The van der Waals surface area contributed by atoms with E-state index in [1.165, 1.54) is 5.56 Å². The summed E-state index contributed by atoms with van der Waals surface area (Å²) in [6, 6.07) is 8.06. The van der Waals surface area contributed by atoms with E-state index in [0.29, 0.717) is 0 Å². The normalized spacial score (nSPS) is 15.8. The SMILES string of the molecule is Cc1ccc(C(C)(O)C(C)C)cc1. The number of hydrogen-bond acceptors (Lipinski definition) is 1. The van der Waals surface area contributed by atoms with Crippen molar-refractivity contribution in [1.82, 2.24) is 0 Å². The van der Waals surface area contributed by atoms with E-state index in [9.17, 15) is 5.11 Å². The minimum atomic E-state index is -0.715. The molecule has 0 spiro atoms. The minimum Gasteiger partial charge on any atom is -0.385 e. The first-order valence-electron chi connectivity index (χ1n) is 4.74. The average Bonchev–Trinajstić information content (AvgIpc) is 2.04. The van der Waals surface area contributed by atoms with Crippen molar-refractivity contribution in [3.63, 3.8) is 0 Å². The molecule has 1 heteroatoms. The second-order valence-corrected chi connectivity index (χ2v) is 4.17. The van der Waals surface area contributed by atoms with Gasteiger partial charge in [-0.1, -0.05) is 43.7 Å². The Labute approximate surface area is 80.4 Å². The molecule has 0 saturated carbocycles. The van der Waals surface area contributed by atoms with Crippen LogP contribution in [-0.4, -0.2) is 5.11 Å². The molecule has 0 aliphatic rings. The molecule has 1 nitrogen and oxygen atoms in total. The Morgan fingerprint density at radius 3 is 2.00 bits per heavy atom. The van der Waals surface area contributed by atoms with Gasteiger partial charge in [0.25, 0.3) is 0 Å². The Bertz CT molecular complexity index is 270. The molecule has 72 valence electrons. The second kappa shape index (κ2) is 3.51. The van der Waals surface area contributed by atoms with Gasteiger partial charge >= 0.3 is 0 Å². The summed E-state index contributed by atoms with van der Waals surface area (Å²) < 4.78 is 0. The maximum Gasteiger partial charge on any atom is 0.0891 e. The van der Waals surface area contributed by atoms with Crippen LogP contribution in [0.25, 0.3) is 0 Å². The molecule has 1 aromatic carbocycles. The Morgan fingerprint density at radius 2 is 1.62 bits per heavy atom. The Balaban J connectivity index is 3.01. The number of benzene rings is 1. The van der Waals surface area contributed by atoms with Crippen LogP contribution in [0.3, 0.4) is 0 Å². The zero-order chi connectivity index (χ0) is 10.1. The number of rotatable bonds is 2. The second-order valence-electron chi connectivity index (χ2n) is 4.17. The van der Waals surface area contributed by atoms with Crippen molar-refractivity contribution in [2.24, 2.45) is 5.92 Å². The summed E-state index contributed by atoms with van der Waals surface area (Å²) >= 11 is 0. The van der Waals surface area contributed by atoms with Gasteiger partial charge in [-0.3, -0.25) is 0 Å². The molecule has 1 N–H and O–H groups in total. The molecule has 0 aliphatic heterocycles. The van der Waals surface area contributed by atoms with Gasteiger partial charge < -0.3 is 5.11 Å². The van der Waals surface area contributed by atoms with Crippen molar-refractivity contribution in [1.29, 1.82) is 0 Å². The lowest BCUT2D eigenvalue weighted by Crippen LogP contribution is -2.27. The van der Waals surface area contributed by atoms with Crippen molar-refractivity contribution in [3.05, 3.63) is 35.4 Å². The average molecular weight is 178 g/mol. The van der Waals surface area contributed by atoms with E-state index in [0.717, 1.165) is 5.56 Å². The fourth-order valence-electron chi connectivity index (χ4n) is 1.22. The highest BCUT2D eigenvalue weighted by molar-refractivity contribution is 5.26. The van der Waals surface area contributed by atoms with Crippen LogP contribution < -0.4 is 0 Å². The molecule has 0 fully saturated rings. The first-order valence-corrected chi connectivity index (χ1v) is 4.74. The van der Waals surface area contributed by atoms with Gasteiger partial charge in [0.05, 0.1) is 5.60 Å². The first-order chi connectivity index (χ1) is 5.94. The predicted octanol–water partition coefficient (Wildman–Crippen LogP) is 2.86. The topological polar surface area (TPSA) is 20.2 Å². The van der Waals surface area contributed by atoms with Crippen LogP contribution in [-0.2, 0) is 5.60 Å². The summed E-state index contributed by atoms with van der Waals surface area (Å²) in [5, 5.41) is 10.2.